The van der Waals surface area contributed by atoms with Gasteiger partial charge >= 0.3 is 0 Å². The van der Waals surface area contributed by atoms with Crippen molar-refractivity contribution >= 4 is 23.1 Å². The van der Waals surface area contributed by atoms with Crippen LogP contribution in [0.2, 0.25) is 5.02 Å². The van der Waals surface area contributed by atoms with E-state index in [0.717, 1.165) is 23.5 Å². The average Bonchev–Trinajstić information content (AvgIpc) is 2.80. The number of nitrogen functional groups attached to an aromatic ring is 1. The summed E-state index contributed by atoms with van der Waals surface area (Å²) in [4.78, 5) is 8.54. The van der Waals surface area contributed by atoms with E-state index in [9.17, 15) is 0 Å². The van der Waals surface area contributed by atoms with Gasteiger partial charge in [0.15, 0.2) is 5.82 Å². The first-order valence-corrected chi connectivity index (χ1v) is 6.32. The van der Waals surface area contributed by atoms with Crippen molar-refractivity contribution in [1.29, 1.82) is 0 Å². The van der Waals surface area contributed by atoms with E-state index in [4.69, 9.17) is 17.3 Å². The number of rotatable bonds is 2. The summed E-state index contributed by atoms with van der Waals surface area (Å²) in [5, 5.41) is 5.02. The van der Waals surface area contributed by atoms with E-state index in [-0.39, 0.29) is 0 Å². The Morgan fingerprint density at radius 3 is 2.89 bits per heavy atom. The van der Waals surface area contributed by atoms with Crippen LogP contribution in [0.3, 0.4) is 0 Å². The molecule has 0 amide bonds. The number of hydrogen-bond acceptors (Lipinski definition) is 4. The molecule has 5 nitrogen and oxygen atoms in total. The Morgan fingerprint density at radius 1 is 1.32 bits per heavy atom. The van der Waals surface area contributed by atoms with E-state index >= 15 is 0 Å². The van der Waals surface area contributed by atoms with Gasteiger partial charge in [-0.1, -0.05) is 18.5 Å². The molecule has 1 aromatic carbocycles. The van der Waals surface area contributed by atoms with Crippen LogP contribution in [0.25, 0.3) is 17.0 Å². The van der Waals surface area contributed by atoms with Gasteiger partial charge in [0.1, 0.15) is 0 Å². The molecule has 0 radical (unpaired) electrons. The number of fused-ring (bicyclic) bond motifs is 1. The molecular formula is C13H12ClN5. The molecule has 3 rings (SSSR count). The Kier molecular flexibility index (Phi) is 2.83. The number of anilines is 1. The van der Waals surface area contributed by atoms with Gasteiger partial charge in [-0.05, 0) is 24.3 Å². The molecule has 3 aromatic rings. The molecule has 0 aliphatic carbocycles. The lowest BCUT2D eigenvalue weighted by Crippen LogP contribution is -1.97. The predicted octanol–water partition coefficient (Wildman–Crippen LogP) is 2.59. The third-order valence-corrected chi connectivity index (χ3v) is 3.03. The molecule has 19 heavy (non-hydrogen) atoms. The normalized spacial score (nSPS) is 11.1. The topological polar surface area (TPSA) is 69.1 Å². The highest BCUT2D eigenvalue weighted by molar-refractivity contribution is 6.31. The lowest BCUT2D eigenvalue weighted by molar-refractivity contribution is 0.885. The second kappa shape index (κ2) is 4.51. The summed E-state index contributed by atoms with van der Waals surface area (Å²) in [5.41, 5.74) is 8.20. The Labute approximate surface area is 115 Å². The molecule has 0 aliphatic rings. The summed E-state index contributed by atoms with van der Waals surface area (Å²) in [6.45, 7) is 2.01. The Hall–Kier alpha value is -2.14. The monoisotopic (exact) mass is 273 g/mol. The SMILES string of the molecule is CCc1nc2nccc(-c3cc(N)cc(Cl)c3)n2n1. The predicted molar refractivity (Wildman–Crippen MR) is 75.0 cm³/mol. The van der Waals surface area contributed by atoms with Crippen LogP contribution >= 0.6 is 11.6 Å². The second-order valence-corrected chi connectivity index (χ2v) is 4.63. The smallest absolute Gasteiger partial charge is 0.252 e. The minimum atomic E-state index is 0.577. The van der Waals surface area contributed by atoms with Gasteiger partial charge in [0.2, 0.25) is 0 Å². The van der Waals surface area contributed by atoms with Crippen LogP contribution in [0.5, 0.6) is 0 Å². The van der Waals surface area contributed by atoms with E-state index in [2.05, 4.69) is 15.1 Å². The zero-order valence-corrected chi connectivity index (χ0v) is 11.1. The number of nitrogens with zero attached hydrogens (tertiary/aromatic N) is 4. The molecule has 2 heterocycles. The zero-order chi connectivity index (χ0) is 13.4. The summed E-state index contributed by atoms with van der Waals surface area (Å²) in [5.74, 6) is 1.34. The van der Waals surface area contributed by atoms with Gasteiger partial charge in [0.25, 0.3) is 5.78 Å². The first-order chi connectivity index (χ1) is 9.17. The fraction of sp³-hybridized carbons (Fsp3) is 0.154. The van der Waals surface area contributed by atoms with Crippen LogP contribution in [0.15, 0.2) is 30.5 Å². The summed E-state index contributed by atoms with van der Waals surface area (Å²) < 4.78 is 1.71. The van der Waals surface area contributed by atoms with E-state index in [1.807, 2.05) is 25.1 Å². The van der Waals surface area contributed by atoms with Gasteiger partial charge in [-0.2, -0.15) is 9.50 Å². The summed E-state index contributed by atoms with van der Waals surface area (Å²) in [7, 11) is 0. The number of nitrogens with two attached hydrogens (primary N) is 1. The number of hydrogen-bond donors (Lipinski definition) is 1. The Bertz CT molecular complexity index is 730. The van der Waals surface area contributed by atoms with Crippen LogP contribution in [-0.2, 0) is 6.42 Å². The fourth-order valence-electron chi connectivity index (χ4n) is 1.96. The molecule has 2 aromatic heterocycles. The number of aromatic nitrogens is 4. The van der Waals surface area contributed by atoms with Crippen molar-refractivity contribution in [3.63, 3.8) is 0 Å². The average molecular weight is 274 g/mol. The maximum absolute atomic E-state index is 6.04. The third kappa shape index (κ3) is 2.13. The highest BCUT2D eigenvalue weighted by Gasteiger charge is 2.09. The maximum Gasteiger partial charge on any atom is 0.252 e. The van der Waals surface area contributed by atoms with E-state index in [0.29, 0.717) is 16.5 Å². The van der Waals surface area contributed by atoms with Crippen LogP contribution < -0.4 is 5.73 Å². The van der Waals surface area contributed by atoms with Crippen molar-refractivity contribution in [2.75, 3.05) is 5.73 Å². The van der Waals surface area contributed by atoms with E-state index in [1.54, 1.807) is 16.8 Å². The minimum Gasteiger partial charge on any atom is -0.399 e. The molecule has 0 saturated heterocycles. The number of benzene rings is 1. The molecule has 0 fully saturated rings. The van der Waals surface area contributed by atoms with E-state index < -0.39 is 0 Å². The molecule has 0 saturated carbocycles. The lowest BCUT2D eigenvalue weighted by atomic mass is 10.1. The van der Waals surface area contributed by atoms with Gasteiger partial charge in [0.05, 0.1) is 5.69 Å². The molecule has 0 unspecified atom stereocenters. The lowest BCUT2D eigenvalue weighted by Gasteiger charge is -2.05. The Balaban J connectivity index is 2.26. The van der Waals surface area contributed by atoms with Crippen molar-refractivity contribution in [2.24, 2.45) is 0 Å². The summed E-state index contributed by atoms with van der Waals surface area (Å²) in [6, 6.07) is 7.28. The summed E-state index contributed by atoms with van der Waals surface area (Å²) >= 11 is 6.04. The van der Waals surface area contributed by atoms with Crippen molar-refractivity contribution < 1.29 is 0 Å². The Morgan fingerprint density at radius 2 is 2.16 bits per heavy atom. The molecule has 0 atom stereocenters. The molecule has 96 valence electrons. The molecule has 0 spiro atoms. The maximum atomic E-state index is 6.04. The molecular weight excluding hydrogens is 262 g/mol. The molecule has 2 N–H and O–H groups in total. The van der Waals surface area contributed by atoms with Crippen LogP contribution in [0.1, 0.15) is 12.7 Å². The first kappa shape index (κ1) is 11.9. The van der Waals surface area contributed by atoms with Crippen molar-refractivity contribution in [2.45, 2.75) is 13.3 Å². The largest absolute Gasteiger partial charge is 0.399 e. The van der Waals surface area contributed by atoms with Gasteiger partial charge in [-0.15, -0.1) is 5.10 Å². The summed E-state index contributed by atoms with van der Waals surface area (Å²) in [6.07, 6.45) is 2.47. The highest BCUT2D eigenvalue weighted by Crippen LogP contribution is 2.25. The van der Waals surface area contributed by atoms with Crippen LogP contribution in [-0.4, -0.2) is 19.6 Å². The van der Waals surface area contributed by atoms with Crippen molar-refractivity contribution in [1.82, 2.24) is 19.6 Å². The standard InChI is InChI=1S/C13H12ClN5/c1-2-12-17-13-16-4-3-11(19(13)18-12)8-5-9(14)7-10(15)6-8/h3-7H,2,15H2,1H3. The third-order valence-electron chi connectivity index (χ3n) is 2.82. The van der Waals surface area contributed by atoms with Crippen molar-refractivity contribution in [3.8, 4) is 11.3 Å². The number of halogens is 1. The highest BCUT2D eigenvalue weighted by atomic mass is 35.5. The molecule has 0 aliphatic heterocycles. The molecule has 0 bridgehead atoms. The minimum absolute atomic E-state index is 0.577. The van der Waals surface area contributed by atoms with Gasteiger partial charge in [-0.3, -0.25) is 0 Å². The second-order valence-electron chi connectivity index (χ2n) is 4.20. The number of aryl methyl sites for hydroxylation is 1. The van der Waals surface area contributed by atoms with Crippen LogP contribution in [0.4, 0.5) is 5.69 Å². The van der Waals surface area contributed by atoms with Gasteiger partial charge < -0.3 is 5.73 Å². The van der Waals surface area contributed by atoms with Crippen LogP contribution in [0, 0.1) is 0 Å². The van der Waals surface area contributed by atoms with Gasteiger partial charge in [0, 0.05) is 28.9 Å². The van der Waals surface area contributed by atoms with Crippen molar-refractivity contribution in [3.05, 3.63) is 41.3 Å². The zero-order valence-electron chi connectivity index (χ0n) is 10.3. The molecule has 6 heteroatoms. The van der Waals surface area contributed by atoms with E-state index in [1.165, 1.54) is 0 Å². The first-order valence-electron chi connectivity index (χ1n) is 5.94. The fourth-order valence-corrected chi connectivity index (χ4v) is 2.21. The van der Waals surface area contributed by atoms with Gasteiger partial charge in [-0.25, -0.2) is 4.98 Å². The quantitative estimate of drug-likeness (QED) is 0.729.